The van der Waals surface area contributed by atoms with Crippen molar-refractivity contribution in [2.75, 3.05) is 18.0 Å². The fourth-order valence-corrected chi connectivity index (χ4v) is 4.79. The molecule has 2 aliphatic rings. The summed E-state index contributed by atoms with van der Waals surface area (Å²) in [5.74, 6) is 1.16. The average molecular weight is 405 g/mol. The van der Waals surface area contributed by atoms with E-state index in [2.05, 4.69) is 46.0 Å². The monoisotopic (exact) mass is 404 g/mol. The summed E-state index contributed by atoms with van der Waals surface area (Å²) in [6, 6.07) is 6.70. The van der Waals surface area contributed by atoms with Gasteiger partial charge in [-0.05, 0) is 43.0 Å². The molecule has 3 aromatic rings. The fraction of sp³-hybridized carbons (Fsp3) is 0.435. The lowest BCUT2D eigenvalue weighted by molar-refractivity contribution is -0.129. The van der Waals surface area contributed by atoms with E-state index < -0.39 is 0 Å². The van der Waals surface area contributed by atoms with Crippen LogP contribution in [0.3, 0.4) is 0 Å². The standard InChI is InChI=1S/C23H28N6O/c1-4-29-22-9-11-27(16(2)30)15-20(22)23(25-29)28-10-5-6-18-12-17(7-8-21(18)28)19-13-24-26(3)14-19/h7-8,12-14H,4-6,9-11,15H2,1-3H3. The Hall–Kier alpha value is -3.09. The SMILES string of the molecule is CCn1nc(N2CCCc3cc(-c4cnn(C)c4)ccc32)c2c1CCN(C(C)=O)C2. The Labute approximate surface area is 176 Å². The Balaban J connectivity index is 1.55. The van der Waals surface area contributed by atoms with Crippen molar-refractivity contribution >= 4 is 17.4 Å². The minimum Gasteiger partial charge on any atom is -0.338 e. The molecule has 30 heavy (non-hydrogen) atoms. The molecule has 0 saturated heterocycles. The molecule has 0 unspecified atom stereocenters. The maximum atomic E-state index is 12.0. The maximum absolute atomic E-state index is 12.0. The number of nitrogens with zero attached hydrogens (tertiary/aromatic N) is 6. The molecule has 0 saturated carbocycles. The van der Waals surface area contributed by atoms with Crippen LogP contribution in [-0.2, 0) is 37.8 Å². The van der Waals surface area contributed by atoms with E-state index in [1.165, 1.54) is 28.1 Å². The second kappa shape index (κ2) is 7.31. The Morgan fingerprint density at radius 1 is 1.17 bits per heavy atom. The molecule has 1 amide bonds. The van der Waals surface area contributed by atoms with Gasteiger partial charge in [0, 0.05) is 68.7 Å². The highest BCUT2D eigenvalue weighted by Crippen LogP contribution is 2.39. The van der Waals surface area contributed by atoms with Gasteiger partial charge in [-0.25, -0.2) is 0 Å². The van der Waals surface area contributed by atoms with Gasteiger partial charge in [-0.3, -0.25) is 14.2 Å². The van der Waals surface area contributed by atoms with Crippen LogP contribution in [0.25, 0.3) is 11.1 Å². The van der Waals surface area contributed by atoms with Crippen LogP contribution in [0.4, 0.5) is 11.5 Å². The average Bonchev–Trinajstić information content (AvgIpc) is 3.36. The predicted molar refractivity (Wildman–Crippen MR) is 117 cm³/mol. The molecule has 4 heterocycles. The minimum atomic E-state index is 0.135. The molecule has 2 aromatic heterocycles. The van der Waals surface area contributed by atoms with E-state index >= 15 is 0 Å². The van der Waals surface area contributed by atoms with Crippen LogP contribution in [0.15, 0.2) is 30.6 Å². The highest BCUT2D eigenvalue weighted by molar-refractivity contribution is 5.76. The number of aromatic nitrogens is 4. The van der Waals surface area contributed by atoms with Crippen LogP contribution in [0.2, 0.25) is 0 Å². The van der Waals surface area contributed by atoms with Gasteiger partial charge in [0.2, 0.25) is 5.91 Å². The molecular weight excluding hydrogens is 376 g/mol. The minimum absolute atomic E-state index is 0.135. The number of benzene rings is 1. The van der Waals surface area contributed by atoms with Crippen molar-refractivity contribution in [1.82, 2.24) is 24.5 Å². The highest BCUT2D eigenvalue weighted by Gasteiger charge is 2.30. The molecule has 7 nitrogen and oxygen atoms in total. The van der Waals surface area contributed by atoms with Gasteiger partial charge in [-0.1, -0.05) is 6.07 Å². The van der Waals surface area contributed by atoms with Gasteiger partial charge in [0.05, 0.1) is 12.7 Å². The molecule has 0 fully saturated rings. The Morgan fingerprint density at radius 3 is 2.77 bits per heavy atom. The lowest BCUT2D eigenvalue weighted by atomic mass is 9.96. The first-order valence-corrected chi connectivity index (χ1v) is 10.8. The topological polar surface area (TPSA) is 59.2 Å². The van der Waals surface area contributed by atoms with Crippen molar-refractivity contribution in [2.45, 2.75) is 46.2 Å². The molecule has 156 valence electrons. The third-order valence-electron chi connectivity index (χ3n) is 6.35. The smallest absolute Gasteiger partial charge is 0.219 e. The largest absolute Gasteiger partial charge is 0.338 e. The van der Waals surface area contributed by atoms with Crippen molar-refractivity contribution in [2.24, 2.45) is 7.05 Å². The van der Waals surface area contributed by atoms with E-state index in [0.717, 1.165) is 50.3 Å². The summed E-state index contributed by atoms with van der Waals surface area (Å²) < 4.78 is 3.96. The molecule has 0 atom stereocenters. The third-order valence-corrected chi connectivity index (χ3v) is 6.35. The second-order valence-electron chi connectivity index (χ2n) is 8.26. The molecule has 2 aliphatic heterocycles. The summed E-state index contributed by atoms with van der Waals surface area (Å²) in [5.41, 5.74) is 7.42. The van der Waals surface area contributed by atoms with Gasteiger partial charge in [-0.15, -0.1) is 0 Å². The molecule has 5 rings (SSSR count). The van der Waals surface area contributed by atoms with E-state index in [1.807, 2.05) is 22.8 Å². The number of amides is 1. The summed E-state index contributed by atoms with van der Waals surface area (Å²) in [6.07, 6.45) is 7.00. The first-order chi connectivity index (χ1) is 14.5. The van der Waals surface area contributed by atoms with Gasteiger partial charge in [0.1, 0.15) is 0 Å². The van der Waals surface area contributed by atoms with Gasteiger partial charge >= 0.3 is 0 Å². The van der Waals surface area contributed by atoms with Crippen molar-refractivity contribution < 1.29 is 4.79 Å². The fourth-order valence-electron chi connectivity index (χ4n) is 4.79. The van der Waals surface area contributed by atoms with E-state index in [-0.39, 0.29) is 5.91 Å². The number of aryl methyl sites for hydroxylation is 3. The van der Waals surface area contributed by atoms with Gasteiger partial charge in [0.15, 0.2) is 5.82 Å². The summed E-state index contributed by atoms with van der Waals surface area (Å²) in [7, 11) is 1.95. The predicted octanol–water partition coefficient (Wildman–Crippen LogP) is 3.29. The number of hydrogen-bond acceptors (Lipinski definition) is 4. The van der Waals surface area contributed by atoms with Gasteiger partial charge in [0.25, 0.3) is 0 Å². The summed E-state index contributed by atoms with van der Waals surface area (Å²) >= 11 is 0. The van der Waals surface area contributed by atoms with Crippen molar-refractivity contribution in [3.8, 4) is 11.1 Å². The molecule has 0 radical (unpaired) electrons. The van der Waals surface area contributed by atoms with Crippen molar-refractivity contribution in [3.05, 3.63) is 47.4 Å². The van der Waals surface area contributed by atoms with Crippen LogP contribution in [0.1, 0.15) is 37.1 Å². The van der Waals surface area contributed by atoms with E-state index in [9.17, 15) is 4.79 Å². The number of rotatable bonds is 3. The van der Waals surface area contributed by atoms with E-state index in [1.54, 1.807) is 6.92 Å². The highest BCUT2D eigenvalue weighted by atomic mass is 16.2. The van der Waals surface area contributed by atoms with Crippen molar-refractivity contribution in [1.29, 1.82) is 0 Å². The Morgan fingerprint density at radius 2 is 2.03 bits per heavy atom. The van der Waals surface area contributed by atoms with Gasteiger partial charge in [-0.2, -0.15) is 10.2 Å². The summed E-state index contributed by atoms with van der Waals surface area (Å²) in [5, 5.41) is 9.31. The molecule has 0 spiro atoms. The number of hydrogen-bond donors (Lipinski definition) is 0. The summed E-state index contributed by atoms with van der Waals surface area (Å²) in [6.45, 7) is 7.03. The van der Waals surface area contributed by atoms with Crippen LogP contribution in [0, 0.1) is 0 Å². The number of carbonyl (C=O) groups is 1. The quantitative estimate of drug-likeness (QED) is 0.672. The zero-order valence-electron chi connectivity index (χ0n) is 17.9. The molecule has 0 N–H and O–H groups in total. The van der Waals surface area contributed by atoms with Gasteiger partial charge < -0.3 is 9.80 Å². The number of anilines is 2. The summed E-state index contributed by atoms with van der Waals surface area (Å²) in [4.78, 5) is 16.3. The number of fused-ring (bicyclic) bond motifs is 2. The Bertz CT molecular complexity index is 1110. The zero-order chi connectivity index (χ0) is 20.8. The number of carbonyl (C=O) groups excluding carboxylic acids is 1. The lowest BCUT2D eigenvalue weighted by Gasteiger charge is -2.32. The first-order valence-electron chi connectivity index (χ1n) is 10.8. The second-order valence-corrected chi connectivity index (χ2v) is 8.26. The molecule has 7 heteroatoms. The molecule has 0 aliphatic carbocycles. The maximum Gasteiger partial charge on any atom is 0.219 e. The molecule has 0 bridgehead atoms. The van der Waals surface area contributed by atoms with E-state index in [0.29, 0.717) is 6.54 Å². The van der Waals surface area contributed by atoms with Crippen LogP contribution in [0.5, 0.6) is 0 Å². The first kappa shape index (κ1) is 18.9. The molecular formula is C23H28N6O. The normalized spacial score (nSPS) is 15.8. The third kappa shape index (κ3) is 3.09. The van der Waals surface area contributed by atoms with Crippen LogP contribution >= 0.6 is 0 Å². The molecule has 1 aromatic carbocycles. The Kier molecular flexibility index (Phi) is 4.60. The lowest BCUT2D eigenvalue weighted by Crippen LogP contribution is -2.35. The zero-order valence-corrected chi connectivity index (χ0v) is 17.9. The van der Waals surface area contributed by atoms with Crippen LogP contribution < -0.4 is 4.90 Å². The van der Waals surface area contributed by atoms with Crippen LogP contribution in [-0.4, -0.2) is 43.5 Å². The van der Waals surface area contributed by atoms with Crippen molar-refractivity contribution in [3.63, 3.8) is 0 Å². The van der Waals surface area contributed by atoms with E-state index in [4.69, 9.17) is 5.10 Å².